The fourth-order valence-electron chi connectivity index (χ4n) is 4.24. The first kappa shape index (κ1) is 27.8. The first-order valence-corrected chi connectivity index (χ1v) is 12.6. The van der Waals surface area contributed by atoms with Gasteiger partial charge >= 0.3 is 5.97 Å². The maximum absolute atomic E-state index is 13.2. The van der Waals surface area contributed by atoms with Crippen LogP contribution in [0.1, 0.15) is 56.6 Å². The van der Waals surface area contributed by atoms with Crippen molar-refractivity contribution >= 4 is 11.9 Å². The molecule has 0 aliphatic carbocycles. The number of amides is 1. The molecule has 0 unspecified atom stereocenters. The molecule has 37 heavy (non-hydrogen) atoms. The second-order valence-electron chi connectivity index (χ2n) is 10.00. The van der Waals surface area contributed by atoms with Gasteiger partial charge in [-0.05, 0) is 42.0 Å². The van der Waals surface area contributed by atoms with Crippen molar-refractivity contribution < 1.29 is 24.2 Å². The highest BCUT2D eigenvalue weighted by Crippen LogP contribution is 2.39. The van der Waals surface area contributed by atoms with Crippen LogP contribution >= 0.6 is 0 Å². The molecule has 0 fully saturated rings. The molecule has 1 aromatic heterocycles. The molecule has 0 aliphatic heterocycles. The Bertz CT molecular complexity index is 1190. The number of ether oxygens (including phenoxy) is 2. The molecule has 3 rings (SSSR count). The van der Waals surface area contributed by atoms with E-state index in [0.717, 1.165) is 5.56 Å². The van der Waals surface area contributed by atoms with Crippen molar-refractivity contribution in [3.05, 3.63) is 65.9 Å². The molecule has 3 aromatic rings. The Morgan fingerprint density at radius 1 is 1.00 bits per heavy atom. The van der Waals surface area contributed by atoms with Gasteiger partial charge in [-0.15, -0.1) is 0 Å². The van der Waals surface area contributed by atoms with Gasteiger partial charge in [0.1, 0.15) is 18.1 Å². The molecule has 1 amide bonds. The Morgan fingerprint density at radius 2 is 1.70 bits per heavy atom. The molecule has 0 spiro atoms. The lowest BCUT2D eigenvalue weighted by Gasteiger charge is -2.18. The van der Waals surface area contributed by atoms with Crippen LogP contribution in [0.3, 0.4) is 0 Å². The van der Waals surface area contributed by atoms with Crippen molar-refractivity contribution in [1.29, 1.82) is 0 Å². The third-order valence-electron chi connectivity index (χ3n) is 5.76. The smallest absolute Gasteiger partial charge is 0.305 e. The van der Waals surface area contributed by atoms with Crippen molar-refractivity contribution in [3.8, 4) is 22.8 Å². The van der Waals surface area contributed by atoms with Gasteiger partial charge in [0.05, 0.1) is 24.8 Å². The molecule has 0 saturated carbocycles. The Kier molecular flexibility index (Phi) is 9.71. The molecule has 8 heteroatoms. The number of hydrogen-bond donors (Lipinski definition) is 2. The number of nitrogens with zero attached hydrogens (tertiary/aromatic N) is 2. The second-order valence-corrected chi connectivity index (χ2v) is 10.00. The van der Waals surface area contributed by atoms with E-state index in [1.54, 1.807) is 17.9 Å². The number of carboxylic acids is 1. The maximum Gasteiger partial charge on any atom is 0.305 e. The Balaban J connectivity index is 1.99. The standard InChI is InChI=1S/C29H37N3O5/c1-19(2)14-22(15-27(33)34)30-29(35)23-16-24(32(31-23)17-20(3)4)28-25(36-5)12-9-13-26(28)37-18-21-10-7-6-8-11-21/h6-13,16,19-20,22H,14-15,17-18H2,1-5H3,(H,30,35)(H,33,34)/t22-/m0/s1. The Morgan fingerprint density at radius 3 is 2.32 bits per heavy atom. The lowest BCUT2D eigenvalue weighted by atomic mass is 10.0. The van der Waals surface area contributed by atoms with Crippen LogP contribution < -0.4 is 14.8 Å². The largest absolute Gasteiger partial charge is 0.496 e. The van der Waals surface area contributed by atoms with Crippen molar-refractivity contribution in [2.24, 2.45) is 11.8 Å². The quantitative estimate of drug-likeness (QED) is 0.321. The lowest BCUT2D eigenvalue weighted by Crippen LogP contribution is -2.37. The van der Waals surface area contributed by atoms with E-state index in [0.29, 0.717) is 42.3 Å². The highest BCUT2D eigenvalue weighted by Gasteiger charge is 2.24. The molecular weight excluding hydrogens is 470 g/mol. The number of carboxylic acid groups (broad SMARTS) is 1. The first-order chi connectivity index (χ1) is 17.7. The number of carbonyl (C=O) groups is 2. The molecule has 0 bridgehead atoms. The van der Waals surface area contributed by atoms with Gasteiger partial charge in [0, 0.05) is 12.6 Å². The normalized spacial score (nSPS) is 12.0. The van der Waals surface area contributed by atoms with E-state index in [2.05, 4.69) is 24.3 Å². The maximum atomic E-state index is 13.2. The van der Waals surface area contributed by atoms with Gasteiger partial charge in [-0.2, -0.15) is 5.10 Å². The van der Waals surface area contributed by atoms with Crippen molar-refractivity contribution in [1.82, 2.24) is 15.1 Å². The fraction of sp³-hybridized carbons (Fsp3) is 0.414. The van der Waals surface area contributed by atoms with Gasteiger partial charge in [-0.3, -0.25) is 14.3 Å². The van der Waals surface area contributed by atoms with Crippen LogP contribution in [-0.2, 0) is 17.9 Å². The molecule has 8 nitrogen and oxygen atoms in total. The third kappa shape index (κ3) is 7.84. The predicted octanol–water partition coefficient (Wildman–Crippen LogP) is 5.41. The minimum absolute atomic E-state index is 0.145. The zero-order valence-electron chi connectivity index (χ0n) is 22.2. The summed E-state index contributed by atoms with van der Waals surface area (Å²) in [6.07, 6.45) is 0.412. The molecule has 0 saturated heterocycles. The zero-order chi connectivity index (χ0) is 26.9. The topological polar surface area (TPSA) is 103 Å². The molecular formula is C29H37N3O5. The monoisotopic (exact) mass is 507 g/mol. The van der Waals surface area contributed by atoms with Crippen LogP contribution in [-0.4, -0.2) is 39.9 Å². The minimum atomic E-state index is -0.953. The molecule has 0 radical (unpaired) electrons. The van der Waals surface area contributed by atoms with Crippen LogP contribution in [0, 0.1) is 11.8 Å². The van der Waals surface area contributed by atoms with Gasteiger partial charge in [0.25, 0.3) is 5.91 Å². The van der Waals surface area contributed by atoms with Crippen LogP contribution in [0.15, 0.2) is 54.6 Å². The van der Waals surface area contributed by atoms with Gasteiger partial charge in [-0.25, -0.2) is 0 Å². The average molecular weight is 508 g/mol. The summed E-state index contributed by atoms with van der Waals surface area (Å²) in [5, 5.41) is 16.8. The van der Waals surface area contributed by atoms with Crippen molar-refractivity contribution in [2.45, 2.75) is 59.7 Å². The summed E-state index contributed by atoms with van der Waals surface area (Å²) in [7, 11) is 1.60. The van der Waals surface area contributed by atoms with Crippen LogP contribution in [0.25, 0.3) is 11.3 Å². The summed E-state index contributed by atoms with van der Waals surface area (Å²) in [5.74, 6) is 0.355. The summed E-state index contributed by atoms with van der Waals surface area (Å²) in [5.41, 5.74) is 2.65. The highest BCUT2D eigenvalue weighted by molar-refractivity contribution is 5.94. The van der Waals surface area contributed by atoms with Gasteiger partial charge < -0.3 is 19.9 Å². The number of aromatic nitrogens is 2. The Hall–Kier alpha value is -3.81. The summed E-state index contributed by atoms with van der Waals surface area (Å²) in [6.45, 7) is 9.09. The van der Waals surface area contributed by atoms with E-state index in [1.165, 1.54) is 0 Å². The molecule has 1 atom stereocenters. The Labute approximate surface area is 218 Å². The zero-order valence-corrected chi connectivity index (χ0v) is 22.2. The number of hydrogen-bond acceptors (Lipinski definition) is 5. The molecule has 198 valence electrons. The summed E-state index contributed by atoms with van der Waals surface area (Å²) in [6, 6.07) is 16.7. The molecule has 2 aromatic carbocycles. The second kappa shape index (κ2) is 12.9. The first-order valence-electron chi connectivity index (χ1n) is 12.6. The number of methoxy groups -OCH3 is 1. The van der Waals surface area contributed by atoms with E-state index in [-0.39, 0.29) is 24.0 Å². The van der Waals surface area contributed by atoms with Gasteiger partial charge in [-0.1, -0.05) is 64.1 Å². The number of rotatable bonds is 13. The molecule has 0 aliphatic rings. The lowest BCUT2D eigenvalue weighted by molar-refractivity contribution is -0.137. The number of nitrogens with one attached hydrogen (secondary N) is 1. The predicted molar refractivity (Wildman–Crippen MR) is 143 cm³/mol. The van der Waals surface area contributed by atoms with Crippen molar-refractivity contribution in [2.75, 3.05) is 7.11 Å². The summed E-state index contributed by atoms with van der Waals surface area (Å²) < 4.78 is 13.7. The number of carbonyl (C=O) groups excluding carboxylic acids is 1. The van der Waals surface area contributed by atoms with E-state index in [9.17, 15) is 14.7 Å². The van der Waals surface area contributed by atoms with Crippen LogP contribution in [0.5, 0.6) is 11.5 Å². The van der Waals surface area contributed by atoms with Gasteiger partial charge in [0.15, 0.2) is 5.69 Å². The fourth-order valence-corrected chi connectivity index (χ4v) is 4.24. The molecule has 1 heterocycles. The number of aliphatic carboxylic acids is 1. The summed E-state index contributed by atoms with van der Waals surface area (Å²) in [4.78, 5) is 24.6. The van der Waals surface area contributed by atoms with E-state index < -0.39 is 17.9 Å². The highest BCUT2D eigenvalue weighted by atomic mass is 16.5. The summed E-state index contributed by atoms with van der Waals surface area (Å²) >= 11 is 0. The van der Waals surface area contributed by atoms with Gasteiger partial charge in [0.2, 0.25) is 0 Å². The molecule has 2 N–H and O–H groups in total. The third-order valence-corrected chi connectivity index (χ3v) is 5.76. The van der Waals surface area contributed by atoms with E-state index >= 15 is 0 Å². The number of benzene rings is 2. The van der Waals surface area contributed by atoms with Crippen LogP contribution in [0.4, 0.5) is 0 Å². The minimum Gasteiger partial charge on any atom is -0.496 e. The van der Waals surface area contributed by atoms with Crippen molar-refractivity contribution in [3.63, 3.8) is 0 Å². The average Bonchev–Trinajstić information content (AvgIpc) is 3.25. The van der Waals surface area contributed by atoms with Crippen LogP contribution in [0.2, 0.25) is 0 Å². The van der Waals surface area contributed by atoms with E-state index in [4.69, 9.17) is 9.47 Å². The SMILES string of the molecule is COc1cccc(OCc2ccccc2)c1-c1cc(C(=O)N[C@H](CC(=O)O)CC(C)C)nn1CC(C)C. The van der Waals surface area contributed by atoms with E-state index in [1.807, 2.05) is 62.4 Å².